The Bertz CT molecular complexity index is 972. The molecule has 1 aliphatic rings. The summed E-state index contributed by atoms with van der Waals surface area (Å²) in [6.07, 6.45) is 5.50. The second-order valence-corrected chi connectivity index (χ2v) is 7.40. The van der Waals surface area contributed by atoms with E-state index >= 15 is 0 Å². The van der Waals surface area contributed by atoms with Crippen molar-refractivity contribution in [2.75, 3.05) is 13.1 Å². The monoisotopic (exact) mass is 377 g/mol. The van der Waals surface area contributed by atoms with Crippen LogP contribution >= 0.6 is 0 Å². The van der Waals surface area contributed by atoms with Crippen molar-refractivity contribution in [1.82, 2.24) is 24.2 Å². The molecule has 0 spiro atoms. The highest BCUT2D eigenvalue weighted by molar-refractivity contribution is 5.81. The summed E-state index contributed by atoms with van der Waals surface area (Å²) in [6, 6.07) is 10.3. The Morgan fingerprint density at radius 3 is 2.64 bits per heavy atom. The zero-order valence-electron chi connectivity index (χ0n) is 16.8. The van der Waals surface area contributed by atoms with Crippen molar-refractivity contribution in [3.63, 3.8) is 0 Å². The van der Waals surface area contributed by atoms with Crippen LogP contribution in [0.25, 0.3) is 22.5 Å². The van der Waals surface area contributed by atoms with E-state index < -0.39 is 0 Å². The molecular weight excluding hydrogens is 350 g/mol. The number of benzene rings is 1. The maximum atomic E-state index is 12.5. The fraction of sp³-hybridized carbons (Fsp3) is 0.409. The fourth-order valence-corrected chi connectivity index (χ4v) is 4.05. The molecule has 4 rings (SSSR count). The molecule has 3 heterocycles. The molecule has 0 bridgehead atoms. The van der Waals surface area contributed by atoms with E-state index in [1.165, 1.54) is 0 Å². The van der Waals surface area contributed by atoms with Gasteiger partial charge in [0.25, 0.3) is 0 Å². The van der Waals surface area contributed by atoms with Gasteiger partial charge in [0.2, 0.25) is 5.91 Å². The molecule has 1 saturated heterocycles. The third-order valence-electron chi connectivity index (χ3n) is 5.45. The van der Waals surface area contributed by atoms with Gasteiger partial charge in [0.1, 0.15) is 0 Å². The first-order valence-corrected chi connectivity index (χ1v) is 10.1. The Hall–Kier alpha value is -2.89. The van der Waals surface area contributed by atoms with Gasteiger partial charge in [-0.05, 0) is 20.3 Å². The van der Waals surface area contributed by atoms with Crippen molar-refractivity contribution in [2.45, 2.75) is 46.2 Å². The highest BCUT2D eigenvalue weighted by Crippen LogP contribution is 2.37. The summed E-state index contributed by atoms with van der Waals surface area (Å²) in [5.74, 6) is 0.230. The SMILES string of the molecule is CCCN1CC(n2cnc(-c3ccccc3)c2-c2cn(CC)nc2C)CC1=O. The van der Waals surface area contributed by atoms with Crippen molar-refractivity contribution in [2.24, 2.45) is 0 Å². The van der Waals surface area contributed by atoms with Gasteiger partial charge in [-0.1, -0.05) is 37.3 Å². The summed E-state index contributed by atoms with van der Waals surface area (Å²) < 4.78 is 4.15. The lowest BCUT2D eigenvalue weighted by Gasteiger charge is -2.18. The average molecular weight is 377 g/mol. The van der Waals surface area contributed by atoms with Crippen LogP contribution in [-0.4, -0.2) is 43.2 Å². The van der Waals surface area contributed by atoms with E-state index in [1.807, 2.05) is 41.0 Å². The lowest BCUT2D eigenvalue weighted by Crippen LogP contribution is -2.26. The lowest BCUT2D eigenvalue weighted by atomic mass is 10.0. The van der Waals surface area contributed by atoms with Gasteiger partial charge in [-0.2, -0.15) is 5.10 Å². The zero-order valence-corrected chi connectivity index (χ0v) is 16.8. The van der Waals surface area contributed by atoms with E-state index in [9.17, 15) is 4.79 Å². The molecule has 0 N–H and O–H groups in total. The Morgan fingerprint density at radius 1 is 1.18 bits per heavy atom. The van der Waals surface area contributed by atoms with Crippen LogP contribution in [0.5, 0.6) is 0 Å². The third-order valence-corrected chi connectivity index (χ3v) is 5.45. The Labute approximate surface area is 165 Å². The predicted molar refractivity (Wildman–Crippen MR) is 110 cm³/mol. The van der Waals surface area contributed by atoms with E-state index in [0.29, 0.717) is 6.42 Å². The number of hydrogen-bond donors (Lipinski definition) is 0. The fourth-order valence-electron chi connectivity index (χ4n) is 4.05. The molecule has 3 aromatic rings. The van der Waals surface area contributed by atoms with Crippen LogP contribution < -0.4 is 0 Å². The first-order valence-electron chi connectivity index (χ1n) is 10.1. The minimum atomic E-state index is 0.100. The molecule has 1 amide bonds. The van der Waals surface area contributed by atoms with Crippen molar-refractivity contribution in [1.29, 1.82) is 0 Å². The molecular formula is C22H27N5O. The van der Waals surface area contributed by atoms with Crippen molar-refractivity contribution < 1.29 is 4.79 Å². The van der Waals surface area contributed by atoms with Crippen LogP contribution in [0, 0.1) is 6.92 Å². The number of aromatic nitrogens is 4. The number of rotatable bonds is 6. The smallest absolute Gasteiger partial charge is 0.224 e. The van der Waals surface area contributed by atoms with Crippen LogP contribution in [-0.2, 0) is 11.3 Å². The summed E-state index contributed by atoms with van der Waals surface area (Å²) in [5.41, 5.74) is 5.14. The average Bonchev–Trinajstić information content (AvgIpc) is 3.39. The number of imidazole rings is 1. The quantitative estimate of drug-likeness (QED) is 0.654. The molecule has 0 saturated carbocycles. The summed E-state index contributed by atoms with van der Waals surface area (Å²) in [7, 11) is 0. The van der Waals surface area contributed by atoms with E-state index in [2.05, 4.69) is 41.8 Å². The van der Waals surface area contributed by atoms with Crippen molar-refractivity contribution >= 4 is 5.91 Å². The minimum absolute atomic E-state index is 0.100. The number of nitrogens with zero attached hydrogens (tertiary/aromatic N) is 5. The van der Waals surface area contributed by atoms with E-state index in [-0.39, 0.29) is 11.9 Å². The predicted octanol–water partition coefficient (Wildman–Crippen LogP) is 3.93. The maximum Gasteiger partial charge on any atom is 0.224 e. The molecule has 1 unspecified atom stereocenters. The van der Waals surface area contributed by atoms with Gasteiger partial charge in [-0.15, -0.1) is 0 Å². The molecule has 146 valence electrons. The largest absolute Gasteiger partial charge is 0.341 e. The summed E-state index contributed by atoms with van der Waals surface area (Å²) in [5, 5.41) is 4.65. The van der Waals surface area contributed by atoms with E-state index in [0.717, 1.165) is 54.3 Å². The molecule has 1 atom stereocenters. The molecule has 1 fully saturated rings. The number of aryl methyl sites for hydroxylation is 2. The second kappa shape index (κ2) is 7.62. The van der Waals surface area contributed by atoms with Gasteiger partial charge in [-0.3, -0.25) is 9.48 Å². The number of carbonyl (C=O) groups is 1. The molecule has 0 radical (unpaired) electrons. The van der Waals surface area contributed by atoms with Crippen LogP contribution in [0.4, 0.5) is 0 Å². The molecule has 1 aliphatic heterocycles. The number of hydrogen-bond acceptors (Lipinski definition) is 3. The topological polar surface area (TPSA) is 56.0 Å². The highest BCUT2D eigenvalue weighted by Gasteiger charge is 2.33. The minimum Gasteiger partial charge on any atom is -0.341 e. The van der Waals surface area contributed by atoms with Gasteiger partial charge in [0, 0.05) is 43.4 Å². The highest BCUT2D eigenvalue weighted by atomic mass is 16.2. The van der Waals surface area contributed by atoms with Gasteiger partial charge in [0.05, 0.1) is 29.5 Å². The first kappa shape index (κ1) is 18.5. The standard InChI is InChI=1S/C22H27N5O/c1-4-11-25-13-18(12-20(25)28)27-15-23-21(17-9-7-6-8-10-17)22(27)19-14-26(5-2)24-16(19)3/h6-10,14-15,18H,4-5,11-13H2,1-3H3. The first-order chi connectivity index (χ1) is 13.6. The molecule has 6 heteroatoms. The number of likely N-dealkylation sites (tertiary alicyclic amines) is 1. The van der Waals surface area contributed by atoms with Crippen LogP contribution in [0.15, 0.2) is 42.9 Å². The molecule has 0 aliphatic carbocycles. The van der Waals surface area contributed by atoms with Crippen LogP contribution in [0.1, 0.15) is 38.4 Å². The van der Waals surface area contributed by atoms with Gasteiger partial charge in [-0.25, -0.2) is 4.98 Å². The summed E-state index contributed by atoms with van der Waals surface area (Å²) in [6.45, 7) is 8.62. The Kier molecular flexibility index (Phi) is 5.03. The number of carbonyl (C=O) groups excluding carboxylic acids is 1. The van der Waals surface area contributed by atoms with Crippen molar-refractivity contribution in [3.05, 3.63) is 48.5 Å². The van der Waals surface area contributed by atoms with Crippen LogP contribution in [0.2, 0.25) is 0 Å². The lowest BCUT2D eigenvalue weighted by molar-refractivity contribution is -0.127. The van der Waals surface area contributed by atoms with Gasteiger partial charge < -0.3 is 9.47 Å². The molecule has 1 aromatic carbocycles. The summed E-state index contributed by atoms with van der Waals surface area (Å²) >= 11 is 0. The van der Waals surface area contributed by atoms with E-state index in [4.69, 9.17) is 4.98 Å². The second-order valence-electron chi connectivity index (χ2n) is 7.40. The molecule has 6 nitrogen and oxygen atoms in total. The number of amides is 1. The van der Waals surface area contributed by atoms with Gasteiger partial charge in [0.15, 0.2) is 0 Å². The Morgan fingerprint density at radius 2 is 1.96 bits per heavy atom. The van der Waals surface area contributed by atoms with Crippen LogP contribution in [0.3, 0.4) is 0 Å². The zero-order chi connectivity index (χ0) is 19.7. The molecule has 2 aromatic heterocycles. The maximum absolute atomic E-state index is 12.5. The Balaban J connectivity index is 1.83. The van der Waals surface area contributed by atoms with Crippen molar-refractivity contribution in [3.8, 4) is 22.5 Å². The molecule has 28 heavy (non-hydrogen) atoms. The normalized spacial score (nSPS) is 16.9. The third kappa shape index (κ3) is 3.23. The summed E-state index contributed by atoms with van der Waals surface area (Å²) in [4.78, 5) is 19.2. The van der Waals surface area contributed by atoms with E-state index in [1.54, 1.807) is 0 Å². The van der Waals surface area contributed by atoms with Gasteiger partial charge >= 0.3 is 0 Å².